The van der Waals surface area contributed by atoms with Gasteiger partial charge in [0.25, 0.3) is 0 Å². The molecule has 0 radical (unpaired) electrons. The molecule has 4 nitrogen and oxygen atoms in total. The largest absolute Gasteiger partial charge is 0.494 e. The Bertz CT molecular complexity index is 505. The summed E-state index contributed by atoms with van der Waals surface area (Å²) in [5.74, 6) is -0.470. The predicted octanol–water partition coefficient (Wildman–Crippen LogP) is 1.71. The lowest BCUT2D eigenvalue weighted by molar-refractivity contribution is 0.212. The van der Waals surface area contributed by atoms with Gasteiger partial charge in [0.15, 0.2) is 11.6 Å². The van der Waals surface area contributed by atoms with Gasteiger partial charge >= 0.3 is 0 Å². The predicted molar refractivity (Wildman–Crippen MR) is 59.0 cm³/mol. The number of hydrogen-bond acceptors (Lipinski definition) is 4. The molecule has 2 rings (SSSR count). The van der Waals surface area contributed by atoms with Crippen LogP contribution in [-0.4, -0.2) is 22.4 Å². The maximum Gasteiger partial charge on any atom is 0.171 e. The monoisotopic (exact) mass is 234 g/mol. The van der Waals surface area contributed by atoms with Gasteiger partial charge in [0, 0.05) is 17.3 Å². The first-order valence-electron chi connectivity index (χ1n) is 5.01. The Kier molecular flexibility index (Phi) is 3.30. The number of halogens is 1. The van der Waals surface area contributed by atoms with Crippen molar-refractivity contribution in [2.24, 2.45) is 0 Å². The van der Waals surface area contributed by atoms with Gasteiger partial charge in [-0.15, -0.1) is 0 Å². The first-order chi connectivity index (χ1) is 8.24. The van der Waals surface area contributed by atoms with Crippen molar-refractivity contribution in [3.8, 4) is 5.75 Å². The molecule has 0 aliphatic carbocycles. The number of nitrogens with zero attached hydrogens (tertiary/aromatic N) is 2. The van der Waals surface area contributed by atoms with Crippen LogP contribution in [0, 0.1) is 5.82 Å². The van der Waals surface area contributed by atoms with Crippen LogP contribution in [-0.2, 0) is 0 Å². The first kappa shape index (κ1) is 11.5. The summed E-state index contributed by atoms with van der Waals surface area (Å²) in [5.41, 5.74) is 0.629. The zero-order valence-electron chi connectivity index (χ0n) is 9.17. The topological polar surface area (TPSA) is 55.2 Å². The van der Waals surface area contributed by atoms with E-state index in [2.05, 4.69) is 10.2 Å². The number of aliphatic hydroxyl groups excluding tert-OH is 1. The van der Waals surface area contributed by atoms with Crippen molar-refractivity contribution in [2.75, 3.05) is 7.11 Å². The molecule has 0 spiro atoms. The van der Waals surface area contributed by atoms with Gasteiger partial charge in [-0.3, -0.25) is 0 Å². The van der Waals surface area contributed by atoms with E-state index in [1.54, 1.807) is 12.1 Å². The second kappa shape index (κ2) is 4.88. The van der Waals surface area contributed by atoms with E-state index in [1.807, 2.05) is 0 Å². The van der Waals surface area contributed by atoms with Crippen molar-refractivity contribution in [1.29, 1.82) is 0 Å². The summed E-state index contributed by atoms with van der Waals surface area (Å²) < 4.78 is 18.7. The molecule has 1 aromatic carbocycles. The molecule has 2 aromatic rings. The van der Waals surface area contributed by atoms with Crippen LogP contribution >= 0.6 is 0 Å². The summed E-state index contributed by atoms with van der Waals surface area (Å²) >= 11 is 0. The van der Waals surface area contributed by atoms with Crippen LogP contribution in [0.15, 0.2) is 36.7 Å². The molecule has 0 fully saturated rings. The summed E-state index contributed by atoms with van der Waals surface area (Å²) in [7, 11) is 1.38. The number of aromatic nitrogens is 2. The molecule has 1 heterocycles. The Balaban J connectivity index is 2.41. The van der Waals surface area contributed by atoms with E-state index in [9.17, 15) is 9.50 Å². The molecule has 1 unspecified atom stereocenters. The van der Waals surface area contributed by atoms with Crippen LogP contribution in [0.2, 0.25) is 0 Å². The summed E-state index contributed by atoms with van der Waals surface area (Å²) in [6, 6.07) is 6.20. The molecule has 17 heavy (non-hydrogen) atoms. The number of ether oxygens (including phenoxy) is 1. The Morgan fingerprint density at radius 2 is 2.12 bits per heavy atom. The third-order valence-corrected chi connectivity index (χ3v) is 2.43. The minimum Gasteiger partial charge on any atom is -0.494 e. The van der Waals surface area contributed by atoms with Crippen LogP contribution in [0.25, 0.3) is 0 Å². The fourth-order valence-electron chi connectivity index (χ4n) is 1.54. The van der Waals surface area contributed by atoms with Gasteiger partial charge in [0.1, 0.15) is 6.10 Å². The number of rotatable bonds is 3. The SMILES string of the molecule is COc1cccc(C(O)c2ccnnc2)c1F. The van der Waals surface area contributed by atoms with Gasteiger partial charge in [0.05, 0.1) is 13.3 Å². The molecular formula is C12H11FN2O2. The van der Waals surface area contributed by atoms with E-state index >= 15 is 0 Å². The smallest absolute Gasteiger partial charge is 0.171 e. The Hall–Kier alpha value is -2.01. The van der Waals surface area contributed by atoms with Crippen LogP contribution in [0.5, 0.6) is 5.75 Å². The van der Waals surface area contributed by atoms with Crippen LogP contribution in [0.1, 0.15) is 17.2 Å². The van der Waals surface area contributed by atoms with E-state index in [-0.39, 0.29) is 11.3 Å². The minimum atomic E-state index is -1.08. The van der Waals surface area contributed by atoms with Crippen molar-refractivity contribution < 1.29 is 14.2 Å². The normalized spacial score (nSPS) is 12.2. The van der Waals surface area contributed by atoms with Crippen molar-refractivity contribution >= 4 is 0 Å². The second-order valence-electron chi connectivity index (χ2n) is 3.44. The summed E-state index contributed by atoms with van der Waals surface area (Å²) in [4.78, 5) is 0. The first-order valence-corrected chi connectivity index (χ1v) is 5.01. The quantitative estimate of drug-likeness (QED) is 0.878. The van der Waals surface area contributed by atoms with E-state index < -0.39 is 11.9 Å². The van der Waals surface area contributed by atoms with Crippen LogP contribution < -0.4 is 4.74 Å². The maximum atomic E-state index is 13.9. The Labute approximate surface area is 97.7 Å². The van der Waals surface area contributed by atoms with Crippen molar-refractivity contribution in [3.05, 3.63) is 53.6 Å². The van der Waals surface area contributed by atoms with Crippen molar-refractivity contribution in [1.82, 2.24) is 10.2 Å². The summed E-state index contributed by atoms with van der Waals surface area (Å²) in [5, 5.41) is 17.3. The highest BCUT2D eigenvalue weighted by atomic mass is 19.1. The molecule has 5 heteroatoms. The Morgan fingerprint density at radius 3 is 2.76 bits per heavy atom. The van der Waals surface area contributed by atoms with Gasteiger partial charge in [-0.25, -0.2) is 4.39 Å². The fourth-order valence-corrected chi connectivity index (χ4v) is 1.54. The van der Waals surface area contributed by atoms with Gasteiger partial charge in [-0.2, -0.15) is 10.2 Å². The van der Waals surface area contributed by atoms with Crippen LogP contribution in [0.3, 0.4) is 0 Å². The highest BCUT2D eigenvalue weighted by Gasteiger charge is 2.17. The summed E-state index contributed by atoms with van der Waals surface area (Å²) in [6.07, 6.45) is 1.75. The lowest BCUT2D eigenvalue weighted by Gasteiger charge is -2.13. The molecular weight excluding hydrogens is 223 g/mol. The molecule has 1 aromatic heterocycles. The molecule has 1 N–H and O–H groups in total. The zero-order valence-corrected chi connectivity index (χ0v) is 9.17. The number of benzene rings is 1. The van der Waals surface area contributed by atoms with Gasteiger partial charge in [-0.05, 0) is 12.1 Å². The minimum absolute atomic E-state index is 0.101. The molecule has 0 saturated carbocycles. The molecule has 0 amide bonds. The fraction of sp³-hybridized carbons (Fsp3) is 0.167. The zero-order chi connectivity index (χ0) is 12.3. The lowest BCUT2D eigenvalue weighted by Crippen LogP contribution is -2.04. The van der Waals surface area contributed by atoms with Gasteiger partial charge in [-0.1, -0.05) is 12.1 Å². The van der Waals surface area contributed by atoms with E-state index in [0.717, 1.165) is 0 Å². The van der Waals surface area contributed by atoms with Gasteiger partial charge in [0.2, 0.25) is 0 Å². The third-order valence-electron chi connectivity index (χ3n) is 2.43. The summed E-state index contributed by atoms with van der Waals surface area (Å²) in [6.45, 7) is 0. The van der Waals surface area contributed by atoms with E-state index in [0.29, 0.717) is 5.56 Å². The van der Waals surface area contributed by atoms with Gasteiger partial charge < -0.3 is 9.84 Å². The molecule has 1 atom stereocenters. The van der Waals surface area contributed by atoms with Crippen molar-refractivity contribution in [3.63, 3.8) is 0 Å². The number of hydrogen-bond donors (Lipinski definition) is 1. The average Bonchev–Trinajstić information content (AvgIpc) is 2.39. The molecule has 88 valence electrons. The molecule has 0 bridgehead atoms. The second-order valence-corrected chi connectivity index (χ2v) is 3.44. The highest BCUT2D eigenvalue weighted by molar-refractivity contribution is 5.36. The Morgan fingerprint density at radius 1 is 1.29 bits per heavy atom. The molecule has 0 aliphatic heterocycles. The maximum absolute atomic E-state index is 13.9. The van der Waals surface area contributed by atoms with Crippen LogP contribution in [0.4, 0.5) is 4.39 Å². The highest BCUT2D eigenvalue weighted by Crippen LogP contribution is 2.28. The third kappa shape index (κ3) is 2.24. The number of aliphatic hydroxyl groups is 1. The standard InChI is InChI=1S/C12H11FN2O2/c1-17-10-4-2-3-9(11(10)13)12(16)8-5-6-14-15-7-8/h2-7,12,16H,1H3. The molecule has 0 saturated heterocycles. The average molecular weight is 234 g/mol. The molecule has 0 aliphatic rings. The van der Waals surface area contributed by atoms with E-state index in [4.69, 9.17) is 4.74 Å². The number of methoxy groups -OCH3 is 1. The van der Waals surface area contributed by atoms with E-state index in [1.165, 1.54) is 31.6 Å². The van der Waals surface area contributed by atoms with Crippen molar-refractivity contribution in [2.45, 2.75) is 6.10 Å². The lowest BCUT2D eigenvalue weighted by atomic mass is 10.0.